The standard InChI is InChI=1S/C20H13N5O/c21-13-15-12-19(25-18-9-5-4-8-17(18)23-24-25)16(22-20(15)26)11-10-14-6-2-1-3-7-14/h1-12H,(H,22,26)/b11-10+. The molecule has 0 radical (unpaired) electrons. The largest absolute Gasteiger partial charge is 0.319 e. The van der Waals surface area contributed by atoms with Crippen LogP contribution in [0.1, 0.15) is 16.8 Å². The van der Waals surface area contributed by atoms with Crippen molar-refractivity contribution in [3.8, 4) is 11.8 Å². The highest BCUT2D eigenvalue weighted by molar-refractivity contribution is 5.78. The molecule has 1 N–H and O–H groups in total. The van der Waals surface area contributed by atoms with Crippen molar-refractivity contribution in [2.24, 2.45) is 0 Å². The van der Waals surface area contributed by atoms with Crippen LogP contribution in [-0.2, 0) is 0 Å². The minimum Gasteiger partial charge on any atom is -0.319 e. The third-order valence-corrected chi connectivity index (χ3v) is 3.99. The third-order valence-electron chi connectivity index (χ3n) is 3.99. The van der Waals surface area contributed by atoms with Crippen LogP contribution in [0.2, 0.25) is 0 Å². The lowest BCUT2D eigenvalue weighted by molar-refractivity contribution is 0.816. The lowest BCUT2D eigenvalue weighted by atomic mass is 10.1. The second-order valence-electron chi connectivity index (χ2n) is 5.66. The molecule has 4 rings (SSSR count). The van der Waals surface area contributed by atoms with Gasteiger partial charge in [0, 0.05) is 0 Å². The molecule has 2 aromatic heterocycles. The van der Waals surface area contributed by atoms with E-state index in [1.54, 1.807) is 10.8 Å². The van der Waals surface area contributed by atoms with Crippen LogP contribution in [0.3, 0.4) is 0 Å². The molecular formula is C20H13N5O. The second kappa shape index (κ2) is 6.49. The Morgan fingerprint density at radius 3 is 2.62 bits per heavy atom. The van der Waals surface area contributed by atoms with E-state index in [4.69, 9.17) is 0 Å². The Kier molecular flexibility index (Phi) is 3.88. The van der Waals surface area contributed by atoms with Crippen LogP contribution in [0.5, 0.6) is 0 Å². The molecule has 0 aliphatic carbocycles. The molecule has 26 heavy (non-hydrogen) atoms. The van der Waals surface area contributed by atoms with Crippen LogP contribution in [0.15, 0.2) is 65.5 Å². The number of H-pyrrole nitrogens is 1. The lowest BCUT2D eigenvalue weighted by Gasteiger charge is -2.07. The Balaban J connectivity index is 1.91. The van der Waals surface area contributed by atoms with E-state index in [1.807, 2.05) is 66.7 Å². The molecule has 0 saturated carbocycles. The maximum absolute atomic E-state index is 12.1. The number of aromatic nitrogens is 4. The molecule has 2 heterocycles. The van der Waals surface area contributed by atoms with Gasteiger partial charge in [-0.05, 0) is 29.8 Å². The summed E-state index contributed by atoms with van der Waals surface area (Å²) in [5.41, 5.74) is 3.24. The molecule has 0 unspecified atom stereocenters. The van der Waals surface area contributed by atoms with Crippen molar-refractivity contribution in [2.45, 2.75) is 0 Å². The predicted octanol–water partition coefficient (Wildman–Crippen LogP) is 3.15. The number of hydrogen-bond donors (Lipinski definition) is 1. The Labute approximate surface area is 148 Å². The summed E-state index contributed by atoms with van der Waals surface area (Å²) in [6, 6.07) is 20.7. The monoisotopic (exact) mass is 339 g/mol. The summed E-state index contributed by atoms with van der Waals surface area (Å²) in [6.45, 7) is 0. The van der Waals surface area contributed by atoms with Gasteiger partial charge in [0.1, 0.15) is 17.1 Å². The molecule has 0 aliphatic heterocycles. The van der Waals surface area contributed by atoms with Crippen molar-refractivity contribution >= 4 is 23.2 Å². The van der Waals surface area contributed by atoms with E-state index in [9.17, 15) is 10.1 Å². The minimum atomic E-state index is -0.437. The van der Waals surface area contributed by atoms with Gasteiger partial charge in [0.05, 0.1) is 16.9 Å². The summed E-state index contributed by atoms with van der Waals surface area (Å²) in [7, 11) is 0. The number of pyridine rings is 1. The van der Waals surface area contributed by atoms with E-state index in [0.29, 0.717) is 11.4 Å². The van der Waals surface area contributed by atoms with Crippen molar-refractivity contribution in [2.75, 3.05) is 0 Å². The zero-order valence-corrected chi connectivity index (χ0v) is 13.6. The molecule has 124 valence electrons. The number of aromatic amines is 1. The first kappa shape index (κ1) is 15.5. The Bertz CT molecular complexity index is 1210. The van der Waals surface area contributed by atoms with E-state index in [1.165, 1.54) is 6.07 Å². The topological polar surface area (TPSA) is 87.4 Å². The highest BCUT2D eigenvalue weighted by Crippen LogP contribution is 2.20. The molecule has 0 spiro atoms. The van der Waals surface area contributed by atoms with Crippen LogP contribution >= 0.6 is 0 Å². The number of nitriles is 1. The summed E-state index contributed by atoms with van der Waals surface area (Å²) in [6.07, 6.45) is 3.68. The van der Waals surface area contributed by atoms with Gasteiger partial charge in [0.2, 0.25) is 0 Å². The average Bonchev–Trinajstić information content (AvgIpc) is 3.11. The predicted molar refractivity (Wildman–Crippen MR) is 99.6 cm³/mol. The van der Waals surface area contributed by atoms with Crippen molar-refractivity contribution in [3.63, 3.8) is 0 Å². The van der Waals surface area contributed by atoms with E-state index in [-0.39, 0.29) is 5.56 Å². The van der Waals surface area contributed by atoms with Crippen molar-refractivity contribution < 1.29 is 0 Å². The van der Waals surface area contributed by atoms with Gasteiger partial charge in [-0.15, -0.1) is 5.10 Å². The molecule has 0 amide bonds. The van der Waals surface area contributed by atoms with Gasteiger partial charge in [-0.2, -0.15) is 5.26 Å². The summed E-state index contributed by atoms with van der Waals surface area (Å²) < 4.78 is 1.62. The molecule has 0 bridgehead atoms. The molecule has 0 fully saturated rings. The Morgan fingerprint density at radius 1 is 1.04 bits per heavy atom. The fourth-order valence-electron chi connectivity index (χ4n) is 2.71. The number of benzene rings is 2. The van der Waals surface area contributed by atoms with Crippen molar-refractivity contribution in [3.05, 3.63) is 87.8 Å². The molecule has 0 atom stereocenters. The van der Waals surface area contributed by atoms with Gasteiger partial charge < -0.3 is 4.98 Å². The van der Waals surface area contributed by atoms with Crippen LogP contribution in [-0.4, -0.2) is 20.0 Å². The summed E-state index contributed by atoms with van der Waals surface area (Å²) in [4.78, 5) is 14.9. The number of fused-ring (bicyclic) bond motifs is 1. The zero-order chi connectivity index (χ0) is 17.9. The van der Waals surface area contributed by atoms with Crippen LogP contribution in [0.25, 0.3) is 28.9 Å². The second-order valence-corrected chi connectivity index (χ2v) is 5.66. The Hall–Kier alpha value is -3.98. The average molecular weight is 339 g/mol. The molecule has 6 nitrogen and oxygen atoms in total. The van der Waals surface area contributed by atoms with Crippen molar-refractivity contribution in [1.29, 1.82) is 5.26 Å². The van der Waals surface area contributed by atoms with Crippen LogP contribution in [0.4, 0.5) is 0 Å². The molecular weight excluding hydrogens is 326 g/mol. The zero-order valence-electron chi connectivity index (χ0n) is 13.6. The van der Waals surface area contributed by atoms with Gasteiger partial charge in [-0.25, -0.2) is 4.68 Å². The van der Waals surface area contributed by atoms with Crippen LogP contribution < -0.4 is 5.56 Å². The van der Waals surface area contributed by atoms with E-state index in [0.717, 1.165) is 16.6 Å². The fraction of sp³-hybridized carbons (Fsp3) is 0. The van der Waals surface area contributed by atoms with Gasteiger partial charge >= 0.3 is 0 Å². The summed E-state index contributed by atoms with van der Waals surface area (Å²) >= 11 is 0. The van der Waals surface area contributed by atoms with Gasteiger partial charge in [-0.3, -0.25) is 4.79 Å². The smallest absolute Gasteiger partial charge is 0.266 e. The third kappa shape index (κ3) is 2.78. The summed E-state index contributed by atoms with van der Waals surface area (Å²) in [5.74, 6) is 0. The van der Waals surface area contributed by atoms with Gasteiger partial charge in [-0.1, -0.05) is 53.8 Å². The highest BCUT2D eigenvalue weighted by atomic mass is 16.1. The SMILES string of the molecule is N#Cc1cc(-n2nnc3ccccc32)c(/C=C/c2ccccc2)[nH]c1=O. The molecule has 4 aromatic rings. The lowest BCUT2D eigenvalue weighted by Crippen LogP contribution is -2.14. The molecule has 0 aliphatic rings. The van der Waals surface area contributed by atoms with Gasteiger partial charge in [0.25, 0.3) is 5.56 Å². The summed E-state index contributed by atoms with van der Waals surface area (Å²) in [5, 5.41) is 17.6. The maximum Gasteiger partial charge on any atom is 0.266 e. The minimum absolute atomic E-state index is 0.0245. The quantitative estimate of drug-likeness (QED) is 0.621. The highest BCUT2D eigenvalue weighted by Gasteiger charge is 2.12. The normalized spacial score (nSPS) is 11.0. The van der Waals surface area contributed by atoms with E-state index in [2.05, 4.69) is 15.3 Å². The fourth-order valence-corrected chi connectivity index (χ4v) is 2.71. The Morgan fingerprint density at radius 2 is 1.81 bits per heavy atom. The first-order chi connectivity index (χ1) is 12.8. The number of nitrogens with zero attached hydrogens (tertiary/aromatic N) is 4. The number of nitrogens with one attached hydrogen (secondary N) is 1. The van der Waals surface area contributed by atoms with Gasteiger partial charge in [0.15, 0.2) is 0 Å². The van der Waals surface area contributed by atoms with E-state index < -0.39 is 5.56 Å². The molecule has 2 aromatic carbocycles. The van der Waals surface area contributed by atoms with E-state index >= 15 is 0 Å². The number of rotatable bonds is 3. The first-order valence-corrected chi connectivity index (χ1v) is 7.97. The molecule has 0 saturated heterocycles. The number of para-hydroxylation sites is 1. The first-order valence-electron chi connectivity index (χ1n) is 7.97. The van der Waals surface area contributed by atoms with Crippen LogP contribution in [0, 0.1) is 11.3 Å². The number of hydrogen-bond acceptors (Lipinski definition) is 4. The molecule has 6 heteroatoms. The maximum atomic E-state index is 12.1. The van der Waals surface area contributed by atoms with Crippen molar-refractivity contribution in [1.82, 2.24) is 20.0 Å².